The number of alkyl halides is 3. The first-order valence-electron chi connectivity index (χ1n) is 6.66. The molecular formula is C15H9F3N4O2. The third kappa shape index (κ3) is 3.40. The molecule has 0 saturated heterocycles. The average Bonchev–Trinajstić information content (AvgIpc) is 3.09. The molecule has 122 valence electrons. The molecule has 3 rings (SSSR count). The summed E-state index contributed by atoms with van der Waals surface area (Å²) in [4.78, 5) is 12.1. The topological polar surface area (TPSA) is 69.9 Å². The number of halogens is 3. The lowest BCUT2D eigenvalue weighted by Crippen LogP contribution is -2.11. The Labute approximate surface area is 133 Å². The van der Waals surface area contributed by atoms with Crippen LogP contribution in [0.15, 0.2) is 54.9 Å². The summed E-state index contributed by atoms with van der Waals surface area (Å²) in [5.41, 5.74) is -0.577. The Balaban J connectivity index is 1.82. The predicted octanol–water partition coefficient (Wildman–Crippen LogP) is 2.90. The quantitative estimate of drug-likeness (QED) is 0.544. The summed E-state index contributed by atoms with van der Waals surface area (Å²) in [6.07, 6.45) is -3.18. The van der Waals surface area contributed by atoms with E-state index in [4.69, 9.17) is 4.74 Å². The summed E-state index contributed by atoms with van der Waals surface area (Å²) < 4.78 is 44.6. The molecule has 0 saturated carbocycles. The van der Waals surface area contributed by atoms with Gasteiger partial charge >= 0.3 is 12.1 Å². The monoisotopic (exact) mass is 334 g/mol. The lowest BCUT2D eigenvalue weighted by Gasteiger charge is -2.09. The maximum Gasteiger partial charge on any atom is 0.416 e. The van der Waals surface area contributed by atoms with Crippen molar-refractivity contribution in [3.63, 3.8) is 0 Å². The highest BCUT2D eigenvalue weighted by Gasteiger charge is 2.31. The van der Waals surface area contributed by atoms with Crippen molar-refractivity contribution in [2.45, 2.75) is 6.18 Å². The SMILES string of the molecule is O=C(Oc1cccc(-n2cnnn2)c1)c1cccc(C(F)(F)F)c1. The van der Waals surface area contributed by atoms with Crippen LogP contribution in [-0.4, -0.2) is 26.2 Å². The van der Waals surface area contributed by atoms with E-state index in [0.29, 0.717) is 5.69 Å². The number of carbonyl (C=O) groups is 1. The van der Waals surface area contributed by atoms with Crippen LogP contribution in [0.1, 0.15) is 15.9 Å². The van der Waals surface area contributed by atoms with Crippen molar-refractivity contribution in [1.29, 1.82) is 0 Å². The number of benzene rings is 2. The maximum absolute atomic E-state index is 12.7. The fourth-order valence-electron chi connectivity index (χ4n) is 1.96. The zero-order chi connectivity index (χ0) is 17.2. The molecule has 9 heteroatoms. The lowest BCUT2D eigenvalue weighted by atomic mass is 10.1. The molecule has 0 spiro atoms. The van der Waals surface area contributed by atoms with Crippen molar-refractivity contribution in [3.8, 4) is 11.4 Å². The molecule has 2 aromatic carbocycles. The van der Waals surface area contributed by atoms with Crippen LogP contribution in [0.5, 0.6) is 5.75 Å². The molecule has 1 heterocycles. The largest absolute Gasteiger partial charge is 0.423 e. The van der Waals surface area contributed by atoms with Crippen LogP contribution in [0.2, 0.25) is 0 Å². The van der Waals surface area contributed by atoms with Crippen molar-refractivity contribution in [2.75, 3.05) is 0 Å². The van der Waals surface area contributed by atoms with E-state index in [2.05, 4.69) is 15.5 Å². The van der Waals surface area contributed by atoms with E-state index in [1.807, 2.05) is 0 Å². The zero-order valence-corrected chi connectivity index (χ0v) is 11.9. The molecule has 0 bridgehead atoms. The Bertz CT molecular complexity index is 863. The van der Waals surface area contributed by atoms with E-state index < -0.39 is 17.7 Å². The van der Waals surface area contributed by atoms with Gasteiger partial charge in [-0.1, -0.05) is 12.1 Å². The van der Waals surface area contributed by atoms with Crippen molar-refractivity contribution in [3.05, 3.63) is 66.0 Å². The van der Waals surface area contributed by atoms with Crippen LogP contribution >= 0.6 is 0 Å². The number of hydrogen-bond acceptors (Lipinski definition) is 5. The van der Waals surface area contributed by atoms with Crippen LogP contribution < -0.4 is 4.74 Å². The highest BCUT2D eigenvalue weighted by molar-refractivity contribution is 5.91. The predicted molar refractivity (Wildman–Crippen MR) is 75.6 cm³/mol. The summed E-state index contributed by atoms with van der Waals surface area (Å²) in [6, 6.07) is 10.3. The Morgan fingerprint density at radius 1 is 1.08 bits per heavy atom. The number of ether oxygens (including phenoxy) is 1. The number of tetrazole rings is 1. The van der Waals surface area contributed by atoms with Gasteiger partial charge in [-0.15, -0.1) is 5.10 Å². The standard InChI is InChI=1S/C15H9F3N4O2/c16-15(17,18)11-4-1-3-10(7-11)14(23)24-13-6-2-5-12(8-13)22-9-19-20-21-22/h1-9H. The van der Waals surface area contributed by atoms with Crippen molar-refractivity contribution < 1.29 is 22.7 Å². The molecule has 0 aliphatic carbocycles. The van der Waals surface area contributed by atoms with Crippen LogP contribution in [0.4, 0.5) is 13.2 Å². The zero-order valence-electron chi connectivity index (χ0n) is 11.9. The molecule has 0 amide bonds. The molecule has 0 N–H and O–H groups in total. The first kappa shape index (κ1) is 15.7. The van der Waals surface area contributed by atoms with Gasteiger partial charge in [0, 0.05) is 6.07 Å². The number of rotatable bonds is 3. The van der Waals surface area contributed by atoms with E-state index in [1.54, 1.807) is 12.1 Å². The van der Waals surface area contributed by atoms with Gasteiger partial charge in [0.1, 0.15) is 12.1 Å². The molecule has 0 atom stereocenters. The highest BCUT2D eigenvalue weighted by Crippen LogP contribution is 2.29. The molecule has 0 fully saturated rings. The number of carbonyl (C=O) groups excluding carboxylic acids is 1. The average molecular weight is 334 g/mol. The summed E-state index contributed by atoms with van der Waals surface area (Å²) in [5.74, 6) is -0.736. The first-order chi connectivity index (χ1) is 11.4. The van der Waals surface area contributed by atoms with E-state index >= 15 is 0 Å². The van der Waals surface area contributed by atoms with Gasteiger partial charge in [-0.05, 0) is 40.8 Å². The van der Waals surface area contributed by atoms with Crippen molar-refractivity contribution >= 4 is 5.97 Å². The number of hydrogen-bond donors (Lipinski definition) is 0. The van der Waals surface area contributed by atoms with Crippen LogP contribution in [0, 0.1) is 0 Å². The second-order valence-electron chi connectivity index (χ2n) is 4.72. The molecule has 0 aliphatic heterocycles. The van der Waals surface area contributed by atoms with E-state index in [9.17, 15) is 18.0 Å². The lowest BCUT2D eigenvalue weighted by molar-refractivity contribution is -0.137. The normalized spacial score (nSPS) is 11.3. The fourth-order valence-corrected chi connectivity index (χ4v) is 1.96. The molecule has 24 heavy (non-hydrogen) atoms. The third-order valence-corrected chi connectivity index (χ3v) is 3.07. The van der Waals surface area contributed by atoms with Crippen LogP contribution in [-0.2, 0) is 6.18 Å². The Kier molecular flexibility index (Phi) is 3.98. The minimum atomic E-state index is -4.53. The van der Waals surface area contributed by atoms with E-state index in [0.717, 1.165) is 18.2 Å². The molecule has 1 aromatic heterocycles. The smallest absolute Gasteiger partial charge is 0.416 e. The molecule has 6 nitrogen and oxygen atoms in total. The molecular weight excluding hydrogens is 325 g/mol. The second-order valence-corrected chi connectivity index (χ2v) is 4.72. The Hall–Kier alpha value is -3.23. The fraction of sp³-hybridized carbons (Fsp3) is 0.0667. The van der Waals surface area contributed by atoms with Gasteiger partial charge in [0.25, 0.3) is 0 Å². The summed E-state index contributed by atoms with van der Waals surface area (Å²) in [7, 11) is 0. The van der Waals surface area contributed by atoms with Crippen molar-refractivity contribution in [1.82, 2.24) is 20.2 Å². The van der Waals surface area contributed by atoms with Crippen LogP contribution in [0.25, 0.3) is 5.69 Å². The third-order valence-electron chi connectivity index (χ3n) is 3.07. The minimum Gasteiger partial charge on any atom is -0.423 e. The Morgan fingerprint density at radius 2 is 1.88 bits per heavy atom. The van der Waals surface area contributed by atoms with Gasteiger partial charge < -0.3 is 4.74 Å². The van der Waals surface area contributed by atoms with Gasteiger partial charge in [0.05, 0.1) is 16.8 Å². The maximum atomic E-state index is 12.7. The summed E-state index contributed by atoms with van der Waals surface area (Å²) in [5, 5.41) is 10.7. The molecule has 0 aliphatic rings. The van der Waals surface area contributed by atoms with E-state index in [1.165, 1.54) is 29.2 Å². The second kappa shape index (κ2) is 6.11. The van der Waals surface area contributed by atoms with Gasteiger partial charge in [0.2, 0.25) is 0 Å². The molecule has 3 aromatic rings. The van der Waals surface area contributed by atoms with Gasteiger partial charge in [-0.25, -0.2) is 9.48 Å². The van der Waals surface area contributed by atoms with Gasteiger partial charge in [0.15, 0.2) is 0 Å². The molecule has 0 unspecified atom stereocenters. The molecule has 0 radical (unpaired) electrons. The van der Waals surface area contributed by atoms with Gasteiger partial charge in [-0.3, -0.25) is 0 Å². The summed E-state index contributed by atoms with van der Waals surface area (Å²) in [6.45, 7) is 0. The first-order valence-corrected chi connectivity index (χ1v) is 6.66. The minimum absolute atomic E-state index is 0.158. The van der Waals surface area contributed by atoms with Crippen LogP contribution in [0.3, 0.4) is 0 Å². The van der Waals surface area contributed by atoms with Crippen molar-refractivity contribution in [2.24, 2.45) is 0 Å². The van der Waals surface area contributed by atoms with Gasteiger partial charge in [-0.2, -0.15) is 13.2 Å². The number of nitrogens with zero attached hydrogens (tertiary/aromatic N) is 4. The number of esters is 1. The van der Waals surface area contributed by atoms with E-state index in [-0.39, 0.29) is 11.3 Å². The highest BCUT2D eigenvalue weighted by atomic mass is 19.4. The Morgan fingerprint density at radius 3 is 2.58 bits per heavy atom. The summed E-state index contributed by atoms with van der Waals surface area (Å²) >= 11 is 0. The number of aromatic nitrogens is 4.